The van der Waals surface area contributed by atoms with Crippen LogP contribution >= 0.6 is 23.5 Å². The van der Waals surface area contributed by atoms with E-state index in [9.17, 15) is 18.0 Å². The molecule has 1 aromatic heterocycles. The number of carbonyl (C=O) groups is 1. The van der Waals surface area contributed by atoms with Crippen molar-refractivity contribution in [2.45, 2.75) is 23.9 Å². The molecule has 0 saturated heterocycles. The lowest BCUT2D eigenvalue weighted by atomic mass is 10.1. The second kappa shape index (κ2) is 10.3. The molecule has 1 amide bonds. The summed E-state index contributed by atoms with van der Waals surface area (Å²) in [6, 6.07) is 10.1. The van der Waals surface area contributed by atoms with E-state index in [1.807, 2.05) is 6.07 Å². The average molecular weight is 501 g/mol. The third-order valence-corrected chi connectivity index (χ3v) is 5.89. The number of alkyl halides is 3. The van der Waals surface area contributed by atoms with Crippen molar-refractivity contribution in [2.75, 3.05) is 19.0 Å². The van der Waals surface area contributed by atoms with Crippen LogP contribution in [-0.2, 0) is 4.74 Å². The Balaban J connectivity index is 1.49. The van der Waals surface area contributed by atoms with E-state index in [2.05, 4.69) is 15.0 Å². The molecule has 3 rings (SSSR count). The highest BCUT2D eigenvalue weighted by atomic mass is 35.5. The Morgan fingerprint density at radius 3 is 2.73 bits per heavy atom. The first-order valence-electron chi connectivity index (χ1n) is 9.62. The normalized spacial score (nSPS) is 14.6. The van der Waals surface area contributed by atoms with Gasteiger partial charge in [-0.15, -0.1) is 0 Å². The van der Waals surface area contributed by atoms with E-state index in [1.165, 1.54) is 18.3 Å². The van der Waals surface area contributed by atoms with E-state index in [0.29, 0.717) is 5.75 Å². The molecular formula is C21H20ClF3N4O3S. The van der Waals surface area contributed by atoms with Crippen LogP contribution in [-0.4, -0.2) is 36.7 Å². The van der Waals surface area contributed by atoms with Gasteiger partial charge in [0.05, 0.1) is 12.7 Å². The van der Waals surface area contributed by atoms with Crippen LogP contribution in [0.1, 0.15) is 23.2 Å². The second-order valence-corrected chi connectivity index (χ2v) is 8.39. The molecule has 12 heteroatoms. The van der Waals surface area contributed by atoms with Gasteiger partial charge in [0.2, 0.25) is 5.90 Å². The average Bonchev–Trinajstić information content (AvgIpc) is 3.58. The SMILES string of the molecule is COc1cccc(SNC(=O)c2ccc(N/C=C\C(=N)OCC3(C(F)(F)F)CC3)nc2Cl)c1. The number of hydrogen-bond acceptors (Lipinski definition) is 7. The first-order chi connectivity index (χ1) is 15.6. The quantitative estimate of drug-likeness (QED) is 0.183. The minimum absolute atomic E-state index is 0.00609. The maximum Gasteiger partial charge on any atom is 0.397 e. The van der Waals surface area contributed by atoms with Gasteiger partial charge in [-0.25, -0.2) is 4.98 Å². The first-order valence-corrected chi connectivity index (χ1v) is 10.8. The van der Waals surface area contributed by atoms with E-state index in [1.54, 1.807) is 25.3 Å². The number of rotatable bonds is 9. The number of nitrogens with one attached hydrogen (secondary N) is 3. The number of hydrogen-bond donors (Lipinski definition) is 3. The van der Waals surface area contributed by atoms with Crippen LogP contribution in [0.15, 0.2) is 53.6 Å². The summed E-state index contributed by atoms with van der Waals surface area (Å²) in [5.74, 6) is 0.0595. The van der Waals surface area contributed by atoms with Crippen LogP contribution in [0.25, 0.3) is 0 Å². The molecule has 1 heterocycles. The largest absolute Gasteiger partial charge is 0.497 e. The number of anilines is 1. The van der Waals surface area contributed by atoms with Gasteiger partial charge in [-0.2, -0.15) is 13.2 Å². The molecule has 0 spiro atoms. The minimum atomic E-state index is -4.34. The van der Waals surface area contributed by atoms with Gasteiger partial charge in [0, 0.05) is 17.2 Å². The fourth-order valence-electron chi connectivity index (χ4n) is 2.64. The predicted molar refractivity (Wildman–Crippen MR) is 120 cm³/mol. The van der Waals surface area contributed by atoms with Gasteiger partial charge < -0.3 is 14.8 Å². The van der Waals surface area contributed by atoms with Gasteiger partial charge in [-0.05, 0) is 55.1 Å². The fourth-order valence-corrected chi connectivity index (χ4v) is 3.52. The van der Waals surface area contributed by atoms with Crippen molar-refractivity contribution in [3.8, 4) is 5.75 Å². The number of ether oxygens (including phenoxy) is 2. The lowest BCUT2D eigenvalue weighted by molar-refractivity contribution is -0.195. The number of pyridine rings is 1. The Morgan fingerprint density at radius 1 is 1.33 bits per heavy atom. The maximum atomic E-state index is 12.9. The van der Waals surface area contributed by atoms with Gasteiger partial charge in [0.1, 0.15) is 28.7 Å². The van der Waals surface area contributed by atoms with E-state index in [-0.39, 0.29) is 29.4 Å². The van der Waals surface area contributed by atoms with E-state index in [0.717, 1.165) is 22.9 Å². The monoisotopic (exact) mass is 500 g/mol. The number of aromatic nitrogens is 1. The molecule has 3 N–H and O–H groups in total. The number of benzene rings is 1. The van der Waals surface area contributed by atoms with Crippen molar-refractivity contribution >= 4 is 41.2 Å². The van der Waals surface area contributed by atoms with Crippen LogP contribution in [0.5, 0.6) is 5.75 Å². The van der Waals surface area contributed by atoms with Crippen molar-refractivity contribution in [1.82, 2.24) is 9.71 Å². The van der Waals surface area contributed by atoms with Gasteiger partial charge in [-0.3, -0.25) is 14.9 Å². The van der Waals surface area contributed by atoms with Crippen molar-refractivity contribution < 1.29 is 27.4 Å². The van der Waals surface area contributed by atoms with Gasteiger partial charge in [0.25, 0.3) is 5.91 Å². The molecular weight excluding hydrogens is 481 g/mol. The van der Waals surface area contributed by atoms with E-state index >= 15 is 0 Å². The molecule has 176 valence electrons. The summed E-state index contributed by atoms with van der Waals surface area (Å²) in [4.78, 5) is 17.2. The Hall–Kier alpha value is -2.92. The zero-order valence-electron chi connectivity index (χ0n) is 17.3. The maximum absolute atomic E-state index is 12.9. The van der Waals surface area contributed by atoms with Crippen LogP contribution < -0.4 is 14.8 Å². The number of carbonyl (C=O) groups excluding carboxylic acids is 1. The molecule has 1 aliphatic carbocycles. The summed E-state index contributed by atoms with van der Waals surface area (Å²) < 4.78 is 51.3. The van der Waals surface area contributed by atoms with Crippen LogP contribution in [0.2, 0.25) is 5.15 Å². The Bertz CT molecular complexity index is 1060. The highest BCUT2D eigenvalue weighted by molar-refractivity contribution is 7.98. The van der Waals surface area contributed by atoms with Crippen LogP contribution in [0.4, 0.5) is 19.0 Å². The minimum Gasteiger partial charge on any atom is -0.497 e. The van der Waals surface area contributed by atoms with E-state index < -0.39 is 30.0 Å². The summed E-state index contributed by atoms with van der Waals surface area (Å²) in [6.07, 6.45) is -1.88. The number of amides is 1. The van der Waals surface area contributed by atoms with Crippen LogP contribution in [0, 0.1) is 10.8 Å². The molecule has 0 radical (unpaired) electrons. The summed E-state index contributed by atoms with van der Waals surface area (Å²) in [6.45, 7) is -0.582. The molecule has 0 aliphatic heterocycles. The third-order valence-electron chi connectivity index (χ3n) is 4.82. The number of methoxy groups -OCH3 is 1. The third kappa shape index (κ3) is 6.55. The highest BCUT2D eigenvalue weighted by Crippen LogP contribution is 2.57. The highest BCUT2D eigenvalue weighted by Gasteiger charge is 2.63. The van der Waals surface area contributed by atoms with Crippen molar-refractivity contribution in [2.24, 2.45) is 5.41 Å². The molecule has 2 aromatic rings. The molecule has 1 aliphatic rings. The Morgan fingerprint density at radius 2 is 2.09 bits per heavy atom. The van der Waals surface area contributed by atoms with Crippen molar-refractivity contribution in [3.63, 3.8) is 0 Å². The Labute approximate surface area is 197 Å². The summed E-state index contributed by atoms with van der Waals surface area (Å²) in [5.41, 5.74) is -1.68. The summed E-state index contributed by atoms with van der Waals surface area (Å²) >= 11 is 7.20. The lowest BCUT2D eigenvalue weighted by Gasteiger charge is -2.18. The number of nitrogens with zero attached hydrogens (tertiary/aromatic N) is 1. The first kappa shape index (κ1) is 24.7. The zero-order chi connectivity index (χ0) is 24.1. The molecule has 0 atom stereocenters. The summed E-state index contributed by atoms with van der Waals surface area (Å²) in [7, 11) is 1.55. The Kier molecular flexibility index (Phi) is 7.75. The molecule has 7 nitrogen and oxygen atoms in total. The predicted octanol–water partition coefficient (Wildman–Crippen LogP) is 5.44. The smallest absolute Gasteiger partial charge is 0.397 e. The van der Waals surface area contributed by atoms with Crippen molar-refractivity contribution in [1.29, 1.82) is 5.41 Å². The molecule has 1 saturated carbocycles. The second-order valence-electron chi connectivity index (χ2n) is 7.16. The van der Waals surface area contributed by atoms with Gasteiger partial charge in [0.15, 0.2) is 0 Å². The number of halogens is 4. The molecule has 1 fully saturated rings. The van der Waals surface area contributed by atoms with Crippen molar-refractivity contribution in [3.05, 3.63) is 59.4 Å². The summed E-state index contributed by atoms with van der Waals surface area (Å²) in [5, 5.41) is 10.3. The van der Waals surface area contributed by atoms with E-state index in [4.69, 9.17) is 26.5 Å². The topological polar surface area (TPSA) is 96.3 Å². The molecule has 1 aromatic carbocycles. The fraction of sp³-hybridized carbons (Fsp3) is 0.286. The van der Waals surface area contributed by atoms with Gasteiger partial charge in [-0.1, -0.05) is 17.7 Å². The molecule has 0 unspecified atom stereocenters. The van der Waals surface area contributed by atoms with Gasteiger partial charge >= 0.3 is 6.18 Å². The zero-order valence-corrected chi connectivity index (χ0v) is 18.9. The molecule has 0 bridgehead atoms. The standard InChI is InChI=1S/C21H20ClF3N4O3S/c1-31-13-3-2-4-14(11-13)33-29-19(30)15-5-6-17(28-18(15)22)27-10-7-16(26)32-12-20(8-9-20)21(23,24)25/h2-7,10-11,26H,8-9,12H2,1H3,(H,27,28)(H,29,30)/b10-7-,26-16?. The molecule has 33 heavy (non-hydrogen) atoms. The lowest BCUT2D eigenvalue weighted by Crippen LogP contribution is -2.30. The van der Waals surface area contributed by atoms with Crippen LogP contribution in [0.3, 0.4) is 0 Å².